The van der Waals surface area contributed by atoms with Gasteiger partial charge in [0, 0.05) is 16.2 Å². The van der Waals surface area contributed by atoms with Crippen LogP contribution in [0, 0.1) is 19.7 Å². The van der Waals surface area contributed by atoms with Gasteiger partial charge in [0.05, 0.1) is 0 Å². The molecule has 0 saturated heterocycles. The Kier molecular flexibility index (Phi) is 4.38. The van der Waals surface area contributed by atoms with Gasteiger partial charge in [-0.1, -0.05) is 29.3 Å². The predicted molar refractivity (Wildman–Crippen MR) is 77.3 cm³/mol. The zero-order valence-electron chi connectivity index (χ0n) is 10.9. The van der Waals surface area contributed by atoms with E-state index in [0.717, 1.165) is 10.6 Å². The average Bonchev–Trinajstić information content (AvgIpc) is 2.36. The lowest BCUT2D eigenvalue weighted by molar-refractivity contribution is 0.112. The van der Waals surface area contributed by atoms with Crippen LogP contribution < -0.4 is 0 Å². The highest BCUT2D eigenvalue weighted by Crippen LogP contribution is 2.26. The number of aryl methyl sites for hydroxylation is 2. The van der Waals surface area contributed by atoms with E-state index < -0.39 is 0 Å². The summed E-state index contributed by atoms with van der Waals surface area (Å²) in [6.07, 6.45) is 0.701. The summed E-state index contributed by atoms with van der Waals surface area (Å²) in [7, 11) is 0. The molecule has 2 aromatic carbocycles. The molecule has 0 atom stereocenters. The fourth-order valence-corrected chi connectivity index (χ4v) is 2.98. The van der Waals surface area contributed by atoms with Gasteiger partial charge >= 0.3 is 0 Å². The van der Waals surface area contributed by atoms with Crippen LogP contribution in [-0.2, 0) is 5.75 Å². The molecule has 0 aliphatic heterocycles. The molecule has 1 nitrogen and oxygen atoms in total. The molecule has 19 heavy (non-hydrogen) atoms. The number of carbonyl (C=O) groups excluding carboxylic acids is 1. The predicted octanol–water partition coefficient (Wildman–Crippen LogP) is 4.55. The van der Waals surface area contributed by atoms with Crippen LogP contribution in [0.15, 0.2) is 41.3 Å². The Morgan fingerprint density at radius 2 is 1.79 bits per heavy atom. The lowest BCUT2D eigenvalue weighted by Gasteiger charge is -2.07. The Balaban J connectivity index is 2.16. The first-order chi connectivity index (χ1) is 9.08. The van der Waals surface area contributed by atoms with Crippen molar-refractivity contribution in [2.75, 3.05) is 0 Å². The van der Waals surface area contributed by atoms with Crippen LogP contribution in [0.3, 0.4) is 0 Å². The summed E-state index contributed by atoms with van der Waals surface area (Å²) in [6.45, 7) is 4.13. The second-order valence-electron chi connectivity index (χ2n) is 4.58. The maximum absolute atomic E-state index is 13.0. The number of hydrogen-bond donors (Lipinski definition) is 0. The summed E-state index contributed by atoms with van der Waals surface area (Å²) in [5.41, 5.74) is 4.08. The number of aldehydes is 1. The van der Waals surface area contributed by atoms with Gasteiger partial charge in [-0.25, -0.2) is 4.39 Å². The highest BCUT2D eigenvalue weighted by molar-refractivity contribution is 7.98. The fourth-order valence-electron chi connectivity index (χ4n) is 2.06. The van der Waals surface area contributed by atoms with Crippen molar-refractivity contribution in [3.63, 3.8) is 0 Å². The molecule has 98 valence electrons. The zero-order valence-corrected chi connectivity index (χ0v) is 11.8. The van der Waals surface area contributed by atoms with Gasteiger partial charge in [-0.15, -0.1) is 11.8 Å². The van der Waals surface area contributed by atoms with E-state index in [1.165, 1.54) is 28.8 Å². The fraction of sp³-hybridized carbons (Fsp3) is 0.188. The van der Waals surface area contributed by atoms with Gasteiger partial charge in [-0.05, 0) is 37.6 Å². The highest BCUT2D eigenvalue weighted by atomic mass is 32.2. The Morgan fingerprint density at radius 1 is 1.11 bits per heavy atom. The Hall–Kier alpha value is -1.61. The summed E-state index contributed by atoms with van der Waals surface area (Å²) in [5.74, 6) is 0.396. The molecule has 0 bridgehead atoms. The van der Waals surface area contributed by atoms with E-state index in [4.69, 9.17) is 0 Å². The topological polar surface area (TPSA) is 17.1 Å². The normalized spacial score (nSPS) is 10.5. The third kappa shape index (κ3) is 3.67. The van der Waals surface area contributed by atoms with Gasteiger partial charge in [0.15, 0.2) is 6.29 Å². The van der Waals surface area contributed by atoms with Crippen LogP contribution in [0.2, 0.25) is 0 Å². The number of rotatable bonds is 4. The molecule has 0 amide bonds. The van der Waals surface area contributed by atoms with Gasteiger partial charge in [-0.3, -0.25) is 4.79 Å². The number of thioether (sulfide) groups is 1. The smallest absolute Gasteiger partial charge is 0.151 e. The van der Waals surface area contributed by atoms with E-state index in [2.05, 4.69) is 32.0 Å². The van der Waals surface area contributed by atoms with E-state index in [9.17, 15) is 9.18 Å². The number of hydrogen-bond acceptors (Lipinski definition) is 2. The standard InChI is InChI=1S/C16H15FOS/c1-11-5-12(2)7-13(6-11)10-19-16-4-3-15(17)8-14(16)9-18/h3-9H,10H2,1-2H3. The molecule has 0 spiro atoms. The van der Waals surface area contributed by atoms with Gasteiger partial charge < -0.3 is 0 Å². The van der Waals surface area contributed by atoms with E-state index in [0.29, 0.717) is 11.8 Å². The first kappa shape index (κ1) is 13.8. The number of carbonyl (C=O) groups is 1. The van der Waals surface area contributed by atoms with Gasteiger partial charge in [0.2, 0.25) is 0 Å². The molecule has 0 unspecified atom stereocenters. The molecule has 0 aliphatic carbocycles. The van der Waals surface area contributed by atoms with Crippen LogP contribution in [0.25, 0.3) is 0 Å². The lowest BCUT2D eigenvalue weighted by Crippen LogP contribution is -1.89. The van der Waals surface area contributed by atoms with E-state index in [1.54, 1.807) is 17.8 Å². The minimum atomic E-state index is -0.377. The molecule has 0 saturated carbocycles. The Morgan fingerprint density at radius 3 is 2.42 bits per heavy atom. The molecule has 0 aromatic heterocycles. The molecule has 3 heteroatoms. The molecule has 2 rings (SSSR count). The minimum Gasteiger partial charge on any atom is -0.298 e. The van der Waals surface area contributed by atoms with E-state index in [1.807, 2.05) is 0 Å². The van der Waals surface area contributed by atoms with Crippen molar-refractivity contribution in [2.24, 2.45) is 0 Å². The SMILES string of the molecule is Cc1cc(C)cc(CSc2ccc(F)cc2C=O)c1. The summed E-state index contributed by atoms with van der Waals surface area (Å²) in [4.78, 5) is 11.7. The third-order valence-corrected chi connectivity index (χ3v) is 3.94. The van der Waals surface area contributed by atoms with Gasteiger partial charge in [0.25, 0.3) is 0 Å². The maximum Gasteiger partial charge on any atom is 0.151 e. The number of halogens is 1. The molecule has 0 aliphatic rings. The molecular weight excluding hydrogens is 259 g/mol. The van der Waals surface area contributed by atoms with Crippen molar-refractivity contribution in [1.82, 2.24) is 0 Å². The van der Waals surface area contributed by atoms with Crippen molar-refractivity contribution in [2.45, 2.75) is 24.5 Å². The second kappa shape index (κ2) is 6.02. The van der Waals surface area contributed by atoms with Crippen LogP contribution in [0.4, 0.5) is 4.39 Å². The van der Waals surface area contributed by atoms with Crippen LogP contribution in [-0.4, -0.2) is 6.29 Å². The lowest BCUT2D eigenvalue weighted by atomic mass is 10.1. The molecular formula is C16H15FOS. The van der Waals surface area contributed by atoms with Crippen molar-refractivity contribution >= 4 is 18.0 Å². The molecule has 0 N–H and O–H groups in total. The van der Waals surface area contributed by atoms with E-state index >= 15 is 0 Å². The Labute approximate surface area is 116 Å². The third-order valence-electron chi connectivity index (χ3n) is 2.77. The van der Waals surface area contributed by atoms with Crippen LogP contribution in [0.5, 0.6) is 0 Å². The van der Waals surface area contributed by atoms with Crippen molar-refractivity contribution in [3.05, 3.63) is 64.5 Å². The zero-order chi connectivity index (χ0) is 13.8. The minimum absolute atomic E-state index is 0.377. The van der Waals surface area contributed by atoms with Crippen LogP contribution in [0.1, 0.15) is 27.0 Å². The van der Waals surface area contributed by atoms with E-state index in [-0.39, 0.29) is 5.82 Å². The second-order valence-corrected chi connectivity index (χ2v) is 5.60. The molecule has 0 radical (unpaired) electrons. The maximum atomic E-state index is 13.0. The highest BCUT2D eigenvalue weighted by Gasteiger charge is 2.05. The summed E-state index contributed by atoms with van der Waals surface area (Å²) in [6, 6.07) is 10.7. The summed E-state index contributed by atoms with van der Waals surface area (Å²) < 4.78 is 13.0. The summed E-state index contributed by atoms with van der Waals surface area (Å²) in [5, 5.41) is 0. The molecule has 0 heterocycles. The largest absolute Gasteiger partial charge is 0.298 e. The first-order valence-electron chi connectivity index (χ1n) is 6.03. The molecule has 2 aromatic rings. The van der Waals surface area contributed by atoms with Crippen molar-refractivity contribution < 1.29 is 9.18 Å². The first-order valence-corrected chi connectivity index (χ1v) is 7.02. The Bertz CT molecular complexity index is 587. The monoisotopic (exact) mass is 274 g/mol. The van der Waals surface area contributed by atoms with Gasteiger partial charge in [-0.2, -0.15) is 0 Å². The quantitative estimate of drug-likeness (QED) is 0.601. The van der Waals surface area contributed by atoms with Gasteiger partial charge in [0.1, 0.15) is 5.82 Å². The van der Waals surface area contributed by atoms with Crippen LogP contribution >= 0.6 is 11.8 Å². The van der Waals surface area contributed by atoms with Crippen molar-refractivity contribution in [1.29, 1.82) is 0 Å². The average molecular weight is 274 g/mol. The van der Waals surface area contributed by atoms with Crippen molar-refractivity contribution in [3.8, 4) is 0 Å². The summed E-state index contributed by atoms with van der Waals surface area (Å²) >= 11 is 1.55. The molecule has 0 fully saturated rings. The number of benzene rings is 2.